The maximum Gasteiger partial charge on any atom is 0.252 e. The molecular formula is C22H22N2O4. The topological polar surface area (TPSA) is 73.6 Å². The number of carbonyl (C=O) groups is 1. The number of benzene rings is 2. The lowest BCUT2D eigenvalue weighted by molar-refractivity contribution is -0.0855. The van der Waals surface area contributed by atoms with E-state index < -0.39 is 0 Å². The van der Waals surface area contributed by atoms with Gasteiger partial charge >= 0.3 is 0 Å². The Morgan fingerprint density at radius 3 is 2.75 bits per heavy atom. The molecule has 1 amide bonds. The molecule has 0 aliphatic carbocycles. The highest BCUT2D eigenvalue weighted by molar-refractivity contribution is 6.00. The zero-order chi connectivity index (χ0) is 19.3. The van der Waals surface area contributed by atoms with Crippen LogP contribution < -0.4 is 5.32 Å². The van der Waals surface area contributed by atoms with E-state index in [2.05, 4.69) is 10.3 Å². The van der Waals surface area contributed by atoms with Crippen LogP contribution in [0.2, 0.25) is 0 Å². The zero-order valence-electron chi connectivity index (χ0n) is 15.7. The lowest BCUT2D eigenvalue weighted by Crippen LogP contribution is -2.39. The molecule has 2 heterocycles. The highest BCUT2D eigenvalue weighted by Gasteiger charge is 2.19. The molecule has 1 aromatic heterocycles. The zero-order valence-corrected chi connectivity index (χ0v) is 15.7. The predicted molar refractivity (Wildman–Crippen MR) is 105 cm³/mol. The molecule has 1 aliphatic rings. The fourth-order valence-corrected chi connectivity index (χ4v) is 3.07. The van der Waals surface area contributed by atoms with Gasteiger partial charge in [-0.1, -0.05) is 42.0 Å². The van der Waals surface area contributed by atoms with Gasteiger partial charge in [-0.05, 0) is 19.1 Å². The summed E-state index contributed by atoms with van der Waals surface area (Å²) in [6.07, 6.45) is 1.56. The number of ether oxygens (including phenoxy) is 2. The van der Waals surface area contributed by atoms with Crippen molar-refractivity contribution in [1.82, 2.24) is 10.3 Å². The number of nitrogens with one attached hydrogen (secondary N) is 1. The number of oxazole rings is 1. The quantitative estimate of drug-likeness (QED) is 0.736. The molecule has 1 saturated heterocycles. The van der Waals surface area contributed by atoms with Crippen LogP contribution in [-0.2, 0) is 9.47 Å². The second-order valence-electron chi connectivity index (χ2n) is 6.72. The number of rotatable bonds is 5. The Kier molecular flexibility index (Phi) is 5.50. The molecule has 0 spiro atoms. The van der Waals surface area contributed by atoms with Gasteiger partial charge in [0, 0.05) is 17.7 Å². The Bertz CT molecular complexity index is 943. The minimum absolute atomic E-state index is 0.125. The van der Waals surface area contributed by atoms with Crippen molar-refractivity contribution >= 4 is 5.91 Å². The molecule has 1 atom stereocenters. The predicted octanol–water partition coefficient (Wildman–Crippen LogP) is 3.46. The number of aromatic nitrogens is 1. The highest BCUT2D eigenvalue weighted by Crippen LogP contribution is 2.28. The second kappa shape index (κ2) is 8.37. The molecule has 0 saturated carbocycles. The van der Waals surface area contributed by atoms with Crippen LogP contribution in [0.5, 0.6) is 0 Å². The van der Waals surface area contributed by atoms with E-state index in [1.54, 1.807) is 12.3 Å². The van der Waals surface area contributed by atoms with Gasteiger partial charge in [0.2, 0.25) is 5.89 Å². The van der Waals surface area contributed by atoms with Crippen LogP contribution in [0.3, 0.4) is 0 Å². The first-order valence-electron chi connectivity index (χ1n) is 9.30. The smallest absolute Gasteiger partial charge is 0.252 e. The molecule has 28 heavy (non-hydrogen) atoms. The summed E-state index contributed by atoms with van der Waals surface area (Å²) in [5, 5.41) is 2.91. The largest absolute Gasteiger partial charge is 0.436 e. The van der Waals surface area contributed by atoms with Gasteiger partial charge in [0.05, 0.1) is 37.7 Å². The fourth-order valence-electron chi connectivity index (χ4n) is 3.07. The van der Waals surface area contributed by atoms with Gasteiger partial charge in [0.1, 0.15) is 0 Å². The van der Waals surface area contributed by atoms with Crippen LogP contribution in [0.4, 0.5) is 0 Å². The lowest BCUT2D eigenvalue weighted by atomic mass is 10.1. The molecule has 1 aliphatic heterocycles. The summed E-state index contributed by atoms with van der Waals surface area (Å²) in [6, 6.07) is 15.3. The van der Waals surface area contributed by atoms with Crippen molar-refractivity contribution in [3.8, 4) is 22.8 Å². The van der Waals surface area contributed by atoms with E-state index in [-0.39, 0.29) is 12.0 Å². The number of hydrogen-bond donors (Lipinski definition) is 1. The molecule has 0 bridgehead atoms. The average molecular weight is 378 g/mol. The number of carbonyl (C=O) groups excluding carboxylic acids is 1. The first-order valence-corrected chi connectivity index (χ1v) is 9.30. The normalized spacial score (nSPS) is 16.7. The summed E-state index contributed by atoms with van der Waals surface area (Å²) < 4.78 is 16.9. The van der Waals surface area contributed by atoms with E-state index >= 15 is 0 Å². The second-order valence-corrected chi connectivity index (χ2v) is 6.72. The van der Waals surface area contributed by atoms with Crippen LogP contribution in [0.15, 0.2) is 59.1 Å². The van der Waals surface area contributed by atoms with Gasteiger partial charge in [-0.3, -0.25) is 4.79 Å². The van der Waals surface area contributed by atoms with Crippen molar-refractivity contribution in [1.29, 1.82) is 0 Å². The molecule has 6 nitrogen and oxygen atoms in total. The SMILES string of the molecule is Cc1ccc(-c2cnc(-c3ccccc3C(=O)NC[C@@H]3COCCO3)o2)cc1. The standard InChI is InChI=1S/C22H22N2O4/c1-15-6-8-16(9-7-15)20-13-24-22(28-20)19-5-3-2-4-18(19)21(25)23-12-17-14-26-10-11-27-17/h2-9,13,17H,10-12,14H2,1H3,(H,23,25)/t17-/m1/s1. The van der Waals surface area contributed by atoms with E-state index in [0.717, 1.165) is 5.56 Å². The van der Waals surface area contributed by atoms with Crippen molar-refractivity contribution in [3.05, 3.63) is 65.9 Å². The van der Waals surface area contributed by atoms with Crippen LogP contribution in [0.1, 0.15) is 15.9 Å². The molecule has 0 radical (unpaired) electrons. The molecule has 3 aromatic rings. The molecule has 6 heteroatoms. The van der Waals surface area contributed by atoms with Gasteiger partial charge in [-0.25, -0.2) is 4.98 Å². The Hall–Kier alpha value is -2.96. The van der Waals surface area contributed by atoms with E-state index in [1.807, 2.05) is 49.4 Å². The Balaban J connectivity index is 1.52. The van der Waals surface area contributed by atoms with E-state index in [0.29, 0.717) is 49.1 Å². The molecule has 4 rings (SSSR count). The van der Waals surface area contributed by atoms with Gasteiger partial charge < -0.3 is 19.2 Å². The summed E-state index contributed by atoms with van der Waals surface area (Å²) in [5.74, 6) is 0.886. The third kappa shape index (κ3) is 4.13. The molecule has 1 fully saturated rings. The van der Waals surface area contributed by atoms with Crippen LogP contribution in [-0.4, -0.2) is 43.4 Å². The number of amides is 1. The fraction of sp³-hybridized carbons (Fsp3) is 0.273. The van der Waals surface area contributed by atoms with Crippen LogP contribution in [0.25, 0.3) is 22.8 Å². The summed E-state index contributed by atoms with van der Waals surface area (Å²) in [7, 11) is 0. The third-order valence-electron chi connectivity index (χ3n) is 4.62. The monoisotopic (exact) mass is 378 g/mol. The number of hydrogen-bond acceptors (Lipinski definition) is 5. The average Bonchev–Trinajstić information content (AvgIpc) is 3.23. The highest BCUT2D eigenvalue weighted by atomic mass is 16.6. The lowest BCUT2D eigenvalue weighted by Gasteiger charge is -2.23. The summed E-state index contributed by atoms with van der Waals surface area (Å²) in [6.45, 7) is 4.07. The minimum atomic E-state index is -0.195. The van der Waals surface area contributed by atoms with Crippen molar-refractivity contribution in [2.24, 2.45) is 0 Å². The maximum absolute atomic E-state index is 12.7. The first kappa shape index (κ1) is 18.4. The van der Waals surface area contributed by atoms with E-state index in [4.69, 9.17) is 13.9 Å². The van der Waals surface area contributed by atoms with Gasteiger partial charge in [0.15, 0.2) is 5.76 Å². The van der Waals surface area contributed by atoms with E-state index in [9.17, 15) is 4.79 Å². The first-order chi connectivity index (χ1) is 13.7. The van der Waals surface area contributed by atoms with Gasteiger partial charge in [-0.15, -0.1) is 0 Å². The Morgan fingerprint density at radius 1 is 1.14 bits per heavy atom. The summed E-state index contributed by atoms with van der Waals surface area (Å²) >= 11 is 0. The third-order valence-corrected chi connectivity index (χ3v) is 4.62. The molecule has 1 N–H and O–H groups in total. The molecular weight excluding hydrogens is 356 g/mol. The molecule has 2 aromatic carbocycles. The maximum atomic E-state index is 12.7. The van der Waals surface area contributed by atoms with Crippen molar-refractivity contribution in [3.63, 3.8) is 0 Å². The number of aryl methyl sites for hydroxylation is 1. The van der Waals surface area contributed by atoms with Crippen molar-refractivity contribution in [2.45, 2.75) is 13.0 Å². The van der Waals surface area contributed by atoms with Gasteiger partial charge in [0.25, 0.3) is 5.91 Å². The van der Waals surface area contributed by atoms with Crippen molar-refractivity contribution in [2.75, 3.05) is 26.4 Å². The molecule has 0 unspecified atom stereocenters. The summed E-state index contributed by atoms with van der Waals surface area (Å²) in [5.41, 5.74) is 3.29. The Labute approximate surface area is 163 Å². The van der Waals surface area contributed by atoms with Crippen LogP contribution >= 0.6 is 0 Å². The number of nitrogens with zero attached hydrogens (tertiary/aromatic N) is 1. The minimum Gasteiger partial charge on any atom is -0.436 e. The van der Waals surface area contributed by atoms with Crippen molar-refractivity contribution < 1.29 is 18.7 Å². The Morgan fingerprint density at radius 2 is 1.96 bits per heavy atom. The molecule has 144 valence electrons. The summed E-state index contributed by atoms with van der Waals surface area (Å²) in [4.78, 5) is 17.1. The van der Waals surface area contributed by atoms with Crippen LogP contribution in [0, 0.1) is 6.92 Å². The van der Waals surface area contributed by atoms with E-state index in [1.165, 1.54) is 5.56 Å². The van der Waals surface area contributed by atoms with Gasteiger partial charge in [-0.2, -0.15) is 0 Å².